The summed E-state index contributed by atoms with van der Waals surface area (Å²) >= 11 is 0. The molecule has 160 valence electrons. The van der Waals surface area contributed by atoms with Crippen LogP contribution in [-0.2, 0) is 4.74 Å². The number of fused-ring (bicyclic) bond motifs is 1. The van der Waals surface area contributed by atoms with Crippen molar-refractivity contribution in [2.24, 2.45) is 11.8 Å². The summed E-state index contributed by atoms with van der Waals surface area (Å²) < 4.78 is 29.0. The third kappa shape index (κ3) is 4.97. The first kappa shape index (κ1) is 17.2. The highest BCUT2D eigenvalue weighted by molar-refractivity contribution is 5.15. The summed E-state index contributed by atoms with van der Waals surface area (Å²) in [5.41, 5.74) is 1.59. The molecule has 7 atom stereocenters. The Bertz CT molecular complexity index is 631. The molecule has 0 aromatic rings. The molecule has 0 bridgehead atoms. The maximum Gasteiger partial charge on any atom is 0.113 e. The Morgan fingerprint density at radius 2 is 2.18 bits per heavy atom. The van der Waals surface area contributed by atoms with Gasteiger partial charge in [0.25, 0.3) is 0 Å². The van der Waals surface area contributed by atoms with E-state index in [1.807, 2.05) is 0 Å². The van der Waals surface area contributed by atoms with Gasteiger partial charge < -0.3 is 15.0 Å². The summed E-state index contributed by atoms with van der Waals surface area (Å²) in [5, 5.41) is 13.5. The highest BCUT2D eigenvalue weighted by Gasteiger charge is 2.42. The number of nitrogens with one attached hydrogen (secondary N) is 4. The normalized spacial score (nSPS) is 45.1. The lowest BCUT2D eigenvalue weighted by molar-refractivity contribution is -0.0798. The van der Waals surface area contributed by atoms with Gasteiger partial charge in [-0.25, -0.2) is 0 Å². The third-order valence-corrected chi connectivity index (χ3v) is 7.15. The van der Waals surface area contributed by atoms with Crippen LogP contribution < -0.4 is 21.3 Å². The molecule has 4 aliphatic rings. The van der Waals surface area contributed by atoms with Gasteiger partial charge in [-0.15, -0.1) is 0 Å². The molecule has 7 unspecified atom stereocenters. The Balaban J connectivity index is 1.43. The largest absolute Gasteiger partial charge is 0.377 e. The van der Waals surface area contributed by atoms with Gasteiger partial charge in [0.1, 0.15) is 6.29 Å². The van der Waals surface area contributed by atoms with E-state index in [1.54, 1.807) is 5.57 Å². The van der Waals surface area contributed by atoms with Crippen LogP contribution >= 0.6 is 0 Å². The third-order valence-electron chi connectivity index (χ3n) is 7.15. The number of hydrogen-bond acceptors (Lipinski definition) is 6. The van der Waals surface area contributed by atoms with Crippen molar-refractivity contribution >= 4 is 0 Å². The summed E-state index contributed by atoms with van der Waals surface area (Å²) in [4.78, 5) is 2.40. The molecule has 0 amide bonds. The molecule has 1 saturated carbocycles. The second-order valence-corrected chi connectivity index (χ2v) is 9.42. The van der Waals surface area contributed by atoms with Crippen LogP contribution in [0.5, 0.6) is 0 Å². The zero-order valence-corrected chi connectivity index (χ0v) is 17.5. The second-order valence-electron chi connectivity index (χ2n) is 9.42. The summed E-state index contributed by atoms with van der Waals surface area (Å²) in [6.07, 6.45) is 10.3. The van der Waals surface area contributed by atoms with E-state index >= 15 is 0 Å². The minimum atomic E-state index is -2.14. The van der Waals surface area contributed by atoms with Crippen LogP contribution in [0.3, 0.4) is 0 Å². The van der Waals surface area contributed by atoms with E-state index in [0.717, 1.165) is 45.4 Å². The molecule has 4 N–H and O–H groups in total. The van der Waals surface area contributed by atoms with Crippen molar-refractivity contribution < 1.29 is 8.85 Å². The highest BCUT2D eigenvalue weighted by atomic mass is 16.5. The Morgan fingerprint density at radius 1 is 1.25 bits per heavy atom. The zero-order chi connectivity index (χ0) is 22.0. The van der Waals surface area contributed by atoms with E-state index in [4.69, 9.17) is 8.85 Å². The zero-order valence-electron chi connectivity index (χ0n) is 20.5. The highest BCUT2D eigenvalue weighted by Crippen LogP contribution is 2.42. The van der Waals surface area contributed by atoms with Gasteiger partial charge in [-0.2, -0.15) is 0 Å². The van der Waals surface area contributed by atoms with E-state index in [1.165, 1.54) is 19.3 Å². The van der Waals surface area contributed by atoms with Gasteiger partial charge in [-0.1, -0.05) is 11.6 Å². The van der Waals surface area contributed by atoms with E-state index in [2.05, 4.69) is 46.2 Å². The fourth-order valence-corrected chi connectivity index (χ4v) is 5.78. The quantitative estimate of drug-likeness (QED) is 0.544. The number of nitrogens with zero attached hydrogens (tertiary/aromatic N) is 1. The molecule has 0 aromatic carbocycles. The lowest BCUT2D eigenvalue weighted by Gasteiger charge is -2.47. The van der Waals surface area contributed by atoms with Gasteiger partial charge in [-0.05, 0) is 78.4 Å². The van der Waals surface area contributed by atoms with Crippen LogP contribution in [0, 0.1) is 11.8 Å². The van der Waals surface area contributed by atoms with Gasteiger partial charge >= 0.3 is 0 Å². The van der Waals surface area contributed by atoms with Crippen molar-refractivity contribution in [3.63, 3.8) is 0 Å². The number of likely N-dealkylation sites (N-methyl/N-ethyl adjacent to an activating group) is 1. The first-order valence-electron chi connectivity index (χ1n) is 12.8. The van der Waals surface area contributed by atoms with E-state index in [-0.39, 0.29) is 18.5 Å². The predicted molar refractivity (Wildman–Crippen MR) is 114 cm³/mol. The summed E-state index contributed by atoms with van der Waals surface area (Å²) in [5.74, 6) is 1.09. The first-order chi connectivity index (χ1) is 14.8. The number of rotatable bonds is 4. The average molecular weight is 395 g/mol. The number of hydrogen-bond donors (Lipinski definition) is 4. The van der Waals surface area contributed by atoms with Crippen molar-refractivity contribution in [1.29, 1.82) is 0 Å². The molecule has 3 fully saturated rings. The molecule has 28 heavy (non-hydrogen) atoms. The number of ether oxygens (including phenoxy) is 1. The summed E-state index contributed by atoms with van der Waals surface area (Å²) in [7, 11) is 2.20. The van der Waals surface area contributed by atoms with E-state index < -0.39 is 6.98 Å². The minimum absolute atomic E-state index is 0.0930. The lowest BCUT2D eigenvalue weighted by Crippen LogP contribution is -2.68. The molecular weight excluding hydrogens is 350 g/mol. The fraction of sp³-hybridized carbons (Fsp3) is 0.909. The Labute approximate surface area is 175 Å². The maximum atomic E-state index is 7.54. The molecule has 1 aliphatic carbocycles. The average Bonchev–Trinajstić information content (AvgIpc) is 2.90. The maximum absolute atomic E-state index is 7.54. The van der Waals surface area contributed by atoms with Crippen molar-refractivity contribution in [1.82, 2.24) is 26.2 Å². The topological polar surface area (TPSA) is 60.6 Å². The van der Waals surface area contributed by atoms with Gasteiger partial charge in [0.05, 0.1) is 12.3 Å². The fourth-order valence-electron chi connectivity index (χ4n) is 5.78. The second kappa shape index (κ2) is 9.54. The van der Waals surface area contributed by atoms with Crippen LogP contribution in [0.4, 0.5) is 0 Å². The Kier molecular flexibility index (Phi) is 5.86. The van der Waals surface area contributed by atoms with E-state index in [9.17, 15) is 0 Å². The van der Waals surface area contributed by atoms with Gasteiger partial charge in [0.2, 0.25) is 0 Å². The van der Waals surface area contributed by atoms with Crippen LogP contribution in [0.1, 0.15) is 56.0 Å². The van der Waals surface area contributed by atoms with Crippen LogP contribution in [-0.4, -0.2) is 69.3 Å². The standard InChI is InChI=1S/C22H41N5O/c1-15-12-20(23-2)26-22(24-15)25-18-13-17-7-5-11-28-21(17)19(14-18)16-6-4-9-27(3)10-8-16/h8,15,17-26H,4-7,9-14H2,1-3H3/i2D3. The molecule has 6 heteroatoms. The van der Waals surface area contributed by atoms with Crippen molar-refractivity contribution in [3.8, 4) is 0 Å². The van der Waals surface area contributed by atoms with Crippen LogP contribution in [0.15, 0.2) is 11.6 Å². The molecule has 4 rings (SSSR count). The summed E-state index contributed by atoms with van der Waals surface area (Å²) in [6, 6.07) is 0.627. The van der Waals surface area contributed by atoms with Crippen molar-refractivity contribution in [2.45, 2.75) is 82.5 Å². The molecule has 3 aliphatic heterocycles. The van der Waals surface area contributed by atoms with Crippen LogP contribution in [0.25, 0.3) is 0 Å². The summed E-state index contributed by atoms with van der Waals surface area (Å²) in [6.45, 7) is 3.07. The minimum Gasteiger partial charge on any atom is -0.377 e. The smallest absolute Gasteiger partial charge is 0.113 e. The van der Waals surface area contributed by atoms with Crippen molar-refractivity contribution in [3.05, 3.63) is 11.6 Å². The Hall–Kier alpha value is -0.500. The first-order valence-corrected chi connectivity index (χ1v) is 11.3. The van der Waals surface area contributed by atoms with E-state index in [0.29, 0.717) is 24.0 Å². The molecule has 2 saturated heterocycles. The SMILES string of the molecule is [2H]C([2H])([2H])NC1CC(C)NC(NC2CC3CCCOC3C(C3=CCN(C)CCC3)C2)N1. The van der Waals surface area contributed by atoms with Gasteiger partial charge in [0.15, 0.2) is 0 Å². The molecule has 0 spiro atoms. The Morgan fingerprint density at radius 3 is 3.07 bits per heavy atom. The molecule has 3 heterocycles. The predicted octanol–water partition coefficient (Wildman–Crippen LogP) is 1.60. The van der Waals surface area contributed by atoms with Gasteiger partial charge in [0, 0.05) is 35.3 Å². The molecule has 0 radical (unpaired) electrons. The molecule has 0 aromatic heterocycles. The monoisotopic (exact) mass is 394 g/mol. The molecular formula is C22H41N5O. The lowest BCUT2D eigenvalue weighted by atomic mass is 9.70. The van der Waals surface area contributed by atoms with Gasteiger partial charge in [-0.3, -0.25) is 16.0 Å². The van der Waals surface area contributed by atoms with Crippen LogP contribution in [0.2, 0.25) is 0 Å². The van der Waals surface area contributed by atoms with Crippen molar-refractivity contribution in [2.75, 3.05) is 33.7 Å². The molecule has 6 nitrogen and oxygen atoms in total.